The maximum absolute atomic E-state index is 11.9. The molecule has 0 saturated carbocycles. The standard InChI is InChI=1S/C21H18N4O4/c26-21(24-23-20-12-9-18(14-22-20)25(27)28)13-8-16-6-10-19(11-7-16)29-15-17-4-2-1-3-5-17/h1-14H,15H2,(H,22,23)(H,24,26)/b13-8+. The van der Waals surface area contributed by atoms with Gasteiger partial charge >= 0.3 is 0 Å². The molecule has 1 aromatic heterocycles. The van der Waals surface area contributed by atoms with Crippen molar-refractivity contribution in [2.24, 2.45) is 0 Å². The van der Waals surface area contributed by atoms with Crippen LogP contribution in [0, 0.1) is 10.1 Å². The highest BCUT2D eigenvalue weighted by Gasteiger charge is 2.05. The van der Waals surface area contributed by atoms with Gasteiger partial charge < -0.3 is 4.74 Å². The monoisotopic (exact) mass is 390 g/mol. The Morgan fingerprint density at radius 3 is 2.48 bits per heavy atom. The minimum atomic E-state index is -0.546. The van der Waals surface area contributed by atoms with Crippen molar-refractivity contribution in [1.29, 1.82) is 0 Å². The van der Waals surface area contributed by atoms with Crippen LogP contribution >= 0.6 is 0 Å². The highest BCUT2D eigenvalue weighted by atomic mass is 16.6. The number of ether oxygens (including phenoxy) is 1. The van der Waals surface area contributed by atoms with Crippen LogP contribution in [0.15, 0.2) is 79.0 Å². The average Bonchev–Trinajstić information content (AvgIpc) is 2.76. The fourth-order valence-corrected chi connectivity index (χ4v) is 2.32. The smallest absolute Gasteiger partial charge is 0.287 e. The van der Waals surface area contributed by atoms with E-state index in [1.54, 1.807) is 6.08 Å². The number of hydrogen-bond acceptors (Lipinski definition) is 6. The van der Waals surface area contributed by atoms with Crippen LogP contribution in [-0.2, 0) is 11.4 Å². The first-order chi connectivity index (χ1) is 14.1. The summed E-state index contributed by atoms with van der Waals surface area (Å²) in [7, 11) is 0. The van der Waals surface area contributed by atoms with Gasteiger partial charge in [-0.25, -0.2) is 4.98 Å². The van der Waals surface area contributed by atoms with Gasteiger partial charge in [0.2, 0.25) is 0 Å². The Bertz CT molecular complexity index is 987. The van der Waals surface area contributed by atoms with E-state index < -0.39 is 10.8 Å². The Morgan fingerprint density at radius 1 is 1.07 bits per heavy atom. The number of benzene rings is 2. The number of nitro groups is 1. The molecule has 0 saturated heterocycles. The molecule has 3 aromatic rings. The number of rotatable bonds is 8. The molecule has 0 radical (unpaired) electrons. The number of anilines is 1. The van der Waals surface area contributed by atoms with Gasteiger partial charge in [-0.15, -0.1) is 0 Å². The maximum atomic E-state index is 11.9. The topological polar surface area (TPSA) is 106 Å². The maximum Gasteiger partial charge on any atom is 0.287 e. The van der Waals surface area contributed by atoms with Gasteiger partial charge in [0.05, 0.1) is 4.92 Å². The Morgan fingerprint density at radius 2 is 1.83 bits per heavy atom. The SMILES string of the molecule is O=C(/C=C/c1ccc(OCc2ccccc2)cc1)NNc1ccc([N+](=O)[O-])cn1. The number of hydrogen-bond donors (Lipinski definition) is 2. The molecule has 0 atom stereocenters. The van der Waals surface area contributed by atoms with Gasteiger partial charge in [0.15, 0.2) is 0 Å². The van der Waals surface area contributed by atoms with Crippen molar-refractivity contribution < 1.29 is 14.5 Å². The largest absolute Gasteiger partial charge is 0.489 e. The first kappa shape index (κ1) is 19.6. The van der Waals surface area contributed by atoms with Crippen molar-refractivity contribution in [2.75, 3.05) is 5.43 Å². The Hall–Kier alpha value is -4.20. The summed E-state index contributed by atoms with van der Waals surface area (Å²) in [5.74, 6) is 0.633. The van der Waals surface area contributed by atoms with Crippen LogP contribution in [-0.4, -0.2) is 15.8 Å². The molecular weight excluding hydrogens is 372 g/mol. The quantitative estimate of drug-likeness (QED) is 0.345. The van der Waals surface area contributed by atoms with E-state index in [0.29, 0.717) is 6.61 Å². The van der Waals surface area contributed by atoms with Crippen molar-refractivity contribution >= 4 is 23.5 Å². The second-order valence-corrected chi connectivity index (χ2v) is 5.95. The molecule has 146 valence electrons. The zero-order valence-corrected chi connectivity index (χ0v) is 15.3. The third kappa shape index (κ3) is 6.17. The van der Waals surface area contributed by atoms with E-state index in [4.69, 9.17) is 4.74 Å². The van der Waals surface area contributed by atoms with Crippen LogP contribution < -0.4 is 15.6 Å². The summed E-state index contributed by atoms with van der Waals surface area (Å²) in [6.07, 6.45) is 4.12. The van der Waals surface area contributed by atoms with Crippen molar-refractivity contribution in [2.45, 2.75) is 6.61 Å². The van der Waals surface area contributed by atoms with Gasteiger partial charge in [-0.2, -0.15) is 0 Å². The van der Waals surface area contributed by atoms with Crippen LogP contribution in [0.5, 0.6) is 5.75 Å². The number of pyridine rings is 1. The van der Waals surface area contributed by atoms with E-state index >= 15 is 0 Å². The Balaban J connectivity index is 1.46. The number of nitrogens with zero attached hydrogens (tertiary/aromatic N) is 2. The molecule has 3 rings (SSSR count). The molecule has 0 aliphatic rings. The fourth-order valence-electron chi connectivity index (χ4n) is 2.32. The number of carbonyl (C=O) groups excluding carboxylic acids is 1. The van der Waals surface area contributed by atoms with Crippen LogP contribution in [0.25, 0.3) is 6.08 Å². The van der Waals surface area contributed by atoms with Gasteiger partial charge in [-0.3, -0.25) is 25.8 Å². The van der Waals surface area contributed by atoms with Crippen LogP contribution in [0.2, 0.25) is 0 Å². The lowest BCUT2D eigenvalue weighted by molar-refractivity contribution is -0.385. The molecule has 8 nitrogen and oxygen atoms in total. The summed E-state index contributed by atoms with van der Waals surface area (Å²) in [6, 6.07) is 19.9. The van der Waals surface area contributed by atoms with Crippen molar-refractivity contribution in [3.63, 3.8) is 0 Å². The minimum absolute atomic E-state index is 0.127. The molecule has 0 fully saturated rings. The minimum Gasteiger partial charge on any atom is -0.489 e. The molecule has 8 heteroatoms. The highest BCUT2D eigenvalue weighted by molar-refractivity contribution is 5.92. The third-order valence-corrected chi connectivity index (χ3v) is 3.83. The molecule has 0 bridgehead atoms. The number of aromatic nitrogens is 1. The van der Waals surface area contributed by atoms with Crippen LogP contribution in [0.1, 0.15) is 11.1 Å². The Kier molecular flexibility index (Phi) is 6.51. The molecule has 2 aromatic carbocycles. The second kappa shape index (κ2) is 9.65. The lowest BCUT2D eigenvalue weighted by Gasteiger charge is -2.06. The summed E-state index contributed by atoms with van der Waals surface area (Å²) in [5.41, 5.74) is 6.81. The predicted molar refractivity (Wildman–Crippen MR) is 109 cm³/mol. The van der Waals surface area contributed by atoms with Gasteiger partial charge in [0.1, 0.15) is 24.4 Å². The zero-order chi connectivity index (χ0) is 20.5. The first-order valence-electron chi connectivity index (χ1n) is 8.71. The van der Waals surface area contributed by atoms with Crippen LogP contribution in [0.3, 0.4) is 0 Å². The van der Waals surface area contributed by atoms with E-state index in [2.05, 4.69) is 15.8 Å². The number of nitrogens with one attached hydrogen (secondary N) is 2. The molecule has 0 unspecified atom stereocenters. The fraction of sp³-hybridized carbons (Fsp3) is 0.0476. The van der Waals surface area contributed by atoms with Crippen molar-refractivity contribution in [3.05, 3.63) is 100 Å². The summed E-state index contributed by atoms with van der Waals surface area (Å²) >= 11 is 0. The molecule has 1 amide bonds. The lowest BCUT2D eigenvalue weighted by atomic mass is 10.2. The van der Waals surface area contributed by atoms with E-state index in [-0.39, 0.29) is 11.5 Å². The molecule has 2 N–H and O–H groups in total. The summed E-state index contributed by atoms with van der Waals surface area (Å²) in [4.78, 5) is 25.7. The highest BCUT2D eigenvalue weighted by Crippen LogP contribution is 2.15. The molecule has 0 spiro atoms. The van der Waals surface area contributed by atoms with Crippen LogP contribution in [0.4, 0.5) is 11.5 Å². The summed E-state index contributed by atoms with van der Waals surface area (Å²) in [5, 5.41) is 10.6. The number of carbonyl (C=O) groups is 1. The number of amides is 1. The van der Waals surface area contributed by atoms with E-state index in [1.165, 1.54) is 18.2 Å². The predicted octanol–water partition coefficient (Wildman–Crippen LogP) is 3.73. The summed E-state index contributed by atoms with van der Waals surface area (Å²) < 4.78 is 5.72. The molecule has 0 aliphatic carbocycles. The van der Waals surface area contributed by atoms with Gasteiger partial charge in [0.25, 0.3) is 11.6 Å². The normalized spacial score (nSPS) is 10.5. The van der Waals surface area contributed by atoms with Gasteiger partial charge in [-0.1, -0.05) is 42.5 Å². The van der Waals surface area contributed by atoms with Crippen molar-refractivity contribution in [3.8, 4) is 5.75 Å². The molecule has 29 heavy (non-hydrogen) atoms. The molecule has 1 heterocycles. The first-order valence-corrected chi connectivity index (χ1v) is 8.71. The number of hydrazine groups is 1. The average molecular weight is 390 g/mol. The zero-order valence-electron chi connectivity index (χ0n) is 15.3. The van der Waals surface area contributed by atoms with Gasteiger partial charge in [-0.05, 0) is 35.4 Å². The van der Waals surface area contributed by atoms with Crippen molar-refractivity contribution in [1.82, 2.24) is 10.4 Å². The van der Waals surface area contributed by atoms with E-state index in [0.717, 1.165) is 23.1 Å². The Labute approximate surface area is 167 Å². The van der Waals surface area contributed by atoms with Gasteiger partial charge in [0, 0.05) is 12.1 Å². The third-order valence-electron chi connectivity index (χ3n) is 3.83. The second-order valence-electron chi connectivity index (χ2n) is 5.95. The summed E-state index contributed by atoms with van der Waals surface area (Å²) in [6.45, 7) is 0.487. The molecular formula is C21H18N4O4. The molecule has 0 aliphatic heterocycles. The lowest BCUT2D eigenvalue weighted by Crippen LogP contribution is -2.27. The van der Waals surface area contributed by atoms with E-state index in [1.807, 2.05) is 54.6 Å². The van der Waals surface area contributed by atoms with E-state index in [9.17, 15) is 14.9 Å².